The van der Waals surface area contributed by atoms with Gasteiger partial charge in [-0.2, -0.15) is 0 Å². The number of carbonyl (C=O) groups excluding carboxylic acids is 1. The predicted octanol–water partition coefficient (Wildman–Crippen LogP) is 3.83. The minimum Gasteiger partial charge on any atom is -0.463 e. The van der Waals surface area contributed by atoms with Crippen molar-refractivity contribution in [3.63, 3.8) is 0 Å². The summed E-state index contributed by atoms with van der Waals surface area (Å²) in [6.45, 7) is 7.97. The van der Waals surface area contributed by atoms with Crippen molar-refractivity contribution >= 4 is 34.9 Å². The monoisotopic (exact) mass is 396 g/mol. The lowest BCUT2D eigenvalue weighted by molar-refractivity contribution is -0.139. The van der Waals surface area contributed by atoms with Crippen molar-refractivity contribution in [2.75, 3.05) is 26.4 Å². The Hall–Kier alpha value is -1.63. The zero-order chi connectivity index (χ0) is 19.1. The number of allylic oxidation sites excluding steroid dienone is 1. The molecular formula is C19H25ClN2O3S. The van der Waals surface area contributed by atoms with Gasteiger partial charge in [0.25, 0.3) is 0 Å². The van der Waals surface area contributed by atoms with Gasteiger partial charge >= 0.3 is 5.97 Å². The second kappa shape index (κ2) is 9.90. The Balaban J connectivity index is 2.35. The number of ether oxygens (including phenoxy) is 2. The molecule has 0 spiro atoms. The van der Waals surface area contributed by atoms with Crippen LogP contribution in [0.25, 0.3) is 0 Å². The lowest BCUT2D eigenvalue weighted by Gasteiger charge is -2.37. The third-order valence-corrected chi connectivity index (χ3v) is 4.72. The third kappa shape index (κ3) is 4.96. The fourth-order valence-electron chi connectivity index (χ4n) is 2.93. The third-order valence-electron chi connectivity index (χ3n) is 4.15. The van der Waals surface area contributed by atoms with Crippen LogP contribution in [-0.4, -0.2) is 42.3 Å². The molecule has 1 N–H and O–H groups in total. The maximum Gasteiger partial charge on any atom is 0.338 e. The van der Waals surface area contributed by atoms with E-state index < -0.39 is 0 Å². The average Bonchev–Trinajstić information content (AvgIpc) is 2.60. The van der Waals surface area contributed by atoms with Gasteiger partial charge in [-0.3, -0.25) is 0 Å². The molecule has 5 nitrogen and oxygen atoms in total. The number of nitrogens with zero attached hydrogens (tertiary/aromatic N) is 1. The van der Waals surface area contributed by atoms with Crippen LogP contribution in [-0.2, 0) is 14.3 Å². The van der Waals surface area contributed by atoms with E-state index in [1.54, 1.807) is 13.0 Å². The van der Waals surface area contributed by atoms with Gasteiger partial charge in [0.15, 0.2) is 5.11 Å². The second-order valence-electron chi connectivity index (χ2n) is 5.86. The Kier molecular flexibility index (Phi) is 7.87. The number of esters is 1. The molecule has 1 aromatic carbocycles. The zero-order valence-corrected chi connectivity index (χ0v) is 17.0. The van der Waals surface area contributed by atoms with Crippen molar-refractivity contribution in [3.05, 3.63) is 46.1 Å². The quantitative estimate of drug-likeness (QED) is 0.409. The van der Waals surface area contributed by atoms with Gasteiger partial charge in [-0.1, -0.05) is 23.7 Å². The molecular weight excluding hydrogens is 372 g/mol. The number of nitrogens with one attached hydrogen (secondary N) is 1. The van der Waals surface area contributed by atoms with Crippen LogP contribution in [0.5, 0.6) is 0 Å². The van der Waals surface area contributed by atoms with Gasteiger partial charge in [0, 0.05) is 30.5 Å². The van der Waals surface area contributed by atoms with Crippen LogP contribution >= 0.6 is 23.8 Å². The molecule has 1 aliphatic rings. The number of rotatable bonds is 8. The van der Waals surface area contributed by atoms with Crippen molar-refractivity contribution in [2.24, 2.45) is 0 Å². The molecule has 0 radical (unpaired) electrons. The summed E-state index contributed by atoms with van der Waals surface area (Å²) in [5, 5.41) is 4.46. The summed E-state index contributed by atoms with van der Waals surface area (Å²) < 4.78 is 10.7. The standard InChI is InChI=1S/C19H25ClN2O3S/c1-4-24-11-7-10-22-13(3)16(18(23)25-5-2)17(21-19(22)26)14-8-6-9-15(20)12-14/h6,8-9,12,17H,4-5,7,10-11H2,1-3H3,(H,21,26). The molecule has 0 amide bonds. The van der Waals surface area contributed by atoms with Gasteiger partial charge in [0.1, 0.15) is 0 Å². The molecule has 142 valence electrons. The van der Waals surface area contributed by atoms with Crippen LogP contribution in [0.1, 0.15) is 38.8 Å². The second-order valence-corrected chi connectivity index (χ2v) is 6.68. The Bertz CT molecular complexity index is 693. The Labute approximate surface area is 165 Å². The Morgan fingerprint density at radius 2 is 2.12 bits per heavy atom. The molecule has 2 rings (SSSR count). The number of benzene rings is 1. The van der Waals surface area contributed by atoms with Crippen molar-refractivity contribution in [2.45, 2.75) is 33.2 Å². The summed E-state index contributed by atoms with van der Waals surface area (Å²) >= 11 is 11.7. The number of hydrogen-bond donors (Lipinski definition) is 1. The van der Waals surface area contributed by atoms with Gasteiger partial charge in [0.05, 0.1) is 18.2 Å². The van der Waals surface area contributed by atoms with E-state index in [0.29, 0.717) is 42.1 Å². The van der Waals surface area contributed by atoms with E-state index in [1.807, 2.05) is 36.9 Å². The molecule has 1 aliphatic heterocycles. The first-order chi connectivity index (χ1) is 12.5. The molecule has 1 atom stereocenters. The van der Waals surface area contributed by atoms with Crippen LogP contribution in [0.3, 0.4) is 0 Å². The van der Waals surface area contributed by atoms with Gasteiger partial charge in [-0.15, -0.1) is 0 Å². The highest BCUT2D eigenvalue weighted by molar-refractivity contribution is 7.80. The fraction of sp³-hybridized carbons (Fsp3) is 0.474. The average molecular weight is 397 g/mol. The van der Waals surface area contributed by atoms with E-state index >= 15 is 0 Å². The van der Waals surface area contributed by atoms with Gasteiger partial charge in [-0.05, 0) is 57.1 Å². The molecule has 0 saturated carbocycles. The summed E-state index contributed by atoms with van der Waals surface area (Å²) in [5.74, 6) is -0.347. The van der Waals surface area contributed by atoms with Crippen LogP contribution in [0.15, 0.2) is 35.5 Å². The predicted molar refractivity (Wildman–Crippen MR) is 107 cm³/mol. The smallest absolute Gasteiger partial charge is 0.338 e. The van der Waals surface area contributed by atoms with E-state index in [0.717, 1.165) is 17.7 Å². The minimum absolute atomic E-state index is 0.312. The SMILES string of the molecule is CCOCCCN1C(=S)NC(c2cccc(Cl)c2)C(C(=O)OCC)=C1C. The normalized spacial score (nSPS) is 17.3. The Morgan fingerprint density at radius 1 is 1.35 bits per heavy atom. The highest BCUT2D eigenvalue weighted by Gasteiger charge is 2.34. The topological polar surface area (TPSA) is 50.8 Å². The molecule has 0 saturated heterocycles. The molecule has 1 heterocycles. The van der Waals surface area contributed by atoms with Crippen LogP contribution in [0, 0.1) is 0 Å². The molecule has 26 heavy (non-hydrogen) atoms. The van der Waals surface area contributed by atoms with Crippen molar-refractivity contribution in [1.29, 1.82) is 0 Å². The fourth-order valence-corrected chi connectivity index (χ4v) is 3.47. The number of halogens is 1. The van der Waals surface area contributed by atoms with E-state index in [1.165, 1.54) is 0 Å². The van der Waals surface area contributed by atoms with Crippen LogP contribution in [0.2, 0.25) is 5.02 Å². The summed E-state index contributed by atoms with van der Waals surface area (Å²) in [5.41, 5.74) is 2.23. The number of carbonyl (C=O) groups is 1. The molecule has 0 bridgehead atoms. The molecule has 0 aliphatic carbocycles. The largest absolute Gasteiger partial charge is 0.463 e. The van der Waals surface area contributed by atoms with E-state index in [2.05, 4.69) is 5.32 Å². The first-order valence-electron chi connectivity index (χ1n) is 8.78. The highest BCUT2D eigenvalue weighted by Crippen LogP contribution is 2.32. The summed E-state index contributed by atoms with van der Waals surface area (Å²) in [7, 11) is 0. The van der Waals surface area contributed by atoms with Crippen molar-refractivity contribution < 1.29 is 14.3 Å². The van der Waals surface area contributed by atoms with E-state index in [4.69, 9.17) is 33.3 Å². The summed E-state index contributed by atoms with van der Waals surface area (Å²) in [4.78, 5) is 14.6. The molecule has 0 fully saturated rings. The highest BCUT2D eigenvalue weighted by atomic mass is 35.5. The molecule has 7 heteroatoms. The summed E-state index contributed by atoms with van der Waals surface area (Å²) in [6.07, 6.45) is 0.810. The lowest BCUT2D eigenvalue weighted by Crippen LogP contribution is -2.48. The lowest BCUT2D eigenvalue weighted by atomic mass is 9.95. The van der Waals surface area contributed by atoms with Gasteiger partial charge in [-0.25, -0.2) is 4.79 Å². The molecule has 1 aromatic rings. The zero-order valence-electron chi connectivity index (χ0n) is 15.4. The number of thiocarbonyl (C=S) groups is 1. The molecule has 0 aromatic heterocycles. The van der Waals surface area contributed by atoms with Crippen molar-refractivity contribution in [1.82, 2.24) is 10.2 Å². The van der Waals surface area contributed by atoms with E-state index in [-0.39, 0.29) is 12.0 Å². The van der Waals surface area contributed by atoms with Gasteiger partial charge in [0.2, 0.25) is 0 Å². The van der Waals surface area contributed by atoms with E-state index in [9.17, 15) is 4.79 Å². The maximum absolute atomic E-state index is 12.7. The molecule has 1 unspecified atom stereocenters. The van der Waals surface area contributed by atoms with Gasteiger partial charge < -0.3 is 19.7 Å². The summed E-state index contributed by atoms with van der Waals surface area (Å²) in [6, 6.07) is 7.02. The van der Waals surface area contributed by atoms with Crippen molar-refractivity contribution in [3.8, 4) is 0 Å². The minimum atomic E-state index is -0.386. The maximum atomic E-state index is 12.7. The van der Waals surface area contributed by atoms with Crippen LogP contribution < -0.4 is 5.32 Å². The Morgan fingerprint density at radius 3 is 2.77 bits per heavy atom. The van der Waals surface area contributed by atoms with Crippen LogP contribution in [0.4, 0.5) is 0 Å². The number of hydrogen-bond acceptors (Lipinski definition) is 4. The first kappa shape index (κ1) is 20.7. The first-order valence-corrected chi connectivity index (χ1v) is 9.57.